The molecule has 0 saturated carbocycles. The van der Waals surface area contributed by atoms with Crippen molar-refractivity contribution in [1.82, 2.24) is 4.90 Å². The van der Waals surface area contributed by atoms with Gasteiger partial charge in [0.1, 0.15) is 0 Å². The van der Waals surface area contributed by atoms with Crippen molar-refractivity contribution in [3.8, 4) is 11.1 Å². The van der Waals surface area contributed by atoms with Gasteiger partial charge in [-0.1, -0.05) is 18.2 Å². The van der Waals surface area contributed by atoms with Crippen molar-refractivity contribution in [3.05, 3.63) is 46.2 Å². The zero-order valence-corrected chi connectivity index (χ0v) is 12.2. The number of rotatable bonds is 4. The first-order valence-electron chi connectivity index (χ1n) is 6.14. The predicted molar refractivity (Wildman–Crippen MR) is 80.4 cm³/mol. The molecule has 4 heteroatoms. The molecule has 2 rings (SSSR count). The van der Waals surface area contributed by atoms with Crippen LogP contribution in [0.4, 0.5) is 0 Å². The van der Waals surface area contributed by atoms with Crippen molar-refractivity contribution in [3.63, 3.8) is 0 Å². The van der Waals surface area contributed by atoms with E-state index in [-0.39, 0.29) is 5.91 Å². The first kappa shape index (κ1) is 13.8. The Hall–Kier alpha value is -1.65. The minimum absolute atomic E-state index is 0.356. The van der Waals surface area contributed by atoms with Gasteiger partial charge in [-0.05, 0) is 55.2 Å². The molecule has 0 radical (unpaired) electrons. The van der Waals surface area contributed by atoms with E-state index in [4.69, 9.17) is 5.73 Å². The first-order chi connectivity index (χ1) is 8.99. The van der Waals surface area contributed by atoms with Crippen LogP contribution >= 0.6 is 11.3 Å². The molecule has 1 aromatic carbocycles. The maximum absolute atomic E-state index is 11.1. The van der Waals surface area contributed by atoms with Crippen molar-refractivity contribution in [2.45, 2.75) is 13.0 Å². The summed E-state index contributed by atoms with van der Waals surface area (Å²) in [6, 6.07) is 10.6. The van der Waals surface area contributed by atoms with Crippen molar-refractivity contribution in [2.75, 3.05) is 14.1 Å². The Bertz CT molecular complexity index is 589. The molecule has 0 bridgehead atoms. The van der Waals surface area contributed by atoms with Crippen LogP contribution < -0.4 is 5.73 Å². The van der Waals surface area contributed by atoms with E-state index in [1.54, 1.807) is 0 Å². The van der Waals surface area contributed by atoms with Crippen LogP contribution in [-0.4, -0.2) is 24.9 Å². The molecule has 1 heterocycles. The molecular weight excluding hydrogens is 256 g/mol. The lowest BCUT2D eigenvalue weighted by Crippen LogP contribution is -2.16. The van der Waals surface area contributed by atoms with E-state index < -0.39 is 0 Å². The van der Waals surface area contributed by atoms with Gasteiger partial charge in [0.2, 0.25) is 0 Å². The highest BCUT2D eigenvalue weighted by molar-refractivity contribution is 7.12. The maximum Gasteiger partial charge on any atom is 0.258 e. The highest BCUT2D eigenvalue weighted by Gasteiger charge is 2.10. The van der Waals surface area contributed by atoms with Crippen LogP contribution in [0.5, 0.6) is 0 Å². The number of hydrogen-bond donors (Lipinski definition) is 1. The first-order valence-corrected chi connectivity index (χ1v) is 7.02. The van der Waals surface area contributed by atoms with E-state index in [2.05, 4.69) is 44.1 Å². The molecule has 0 saturated heterocycles. The van der Waals surface area contributed by atoms with Gasteiger partial charge < -0.3 is 10.6 Å². The minimum Gasteiger partial charge on any atom is -0.365 e. The van der Waals surface area contributed by atoms with Crippen molar-refractivity contribution < 1.29 is 4.79 Å². The third-order valence-corrected chi connectivity index (χ3v) is 4.26. The van der Waals surface area contributed by atoms with E-state index >= 15 is 0 Å². The summed E-state index contributed by atoms with van der Waals surface area (Å²) >= 11 is 1.39. The van der Waals surface area contributed by atoms with E-state index in [1.807, 2.05) is 17.5 Å². The fraction of sp³-hybridized carbons (Fsp3) is 0.267. The fourth-order valence-corrected chi connectivity index (χ4v) is 2.66. The van der Waals surface area contributed by atoms with Crippen LogP contribution in [0.1, 0.15) is 28.2 Å². The smallest absolute Gasteiger partial charge is 0.258 e. The molecule has 2 aromatic rings. The summed E-state index contributed by atoms with van der Waals surface area (Å²) in [5, 5.41) is 1.97. The Morgan fingerprint density at radius 3 is 2.58 bits per heavy atom. The van der Waals surface area contributed by atoms with E-state index in [0.29, 0.717) is 10.9 Å². The highest BCUT2D eigenvalue weighted by atomic mass is 32.1. The second-order valence-corrected chi connectivity index (χ2v) is 5.74. The largest absolute Gasteiger partial charge is 0.365 e. The van der Waals surface area contributed by atoms with Crippen molar-refractivity contribution in [2.24, 2.45) is 5.73 Å². The number of benzene rings is 1. The van der Waals surface area contributed by atoms with Crippen molar-refractivity contribution >= 4 is 17.2 Å². The van der Waals surface area contributed by atoms with Gasteiger partial charge in [-0.25, -0.2) is 0 Å². The van der Waals surface area contributed by atoms with Crippen LogP contribution in [0.15, 0.2) is 35.7 Å². The number of nitrogens with two attached hydrogens (primary N) is 1. The molecular formula is C15H18N2OS. The molecule has 2 N–H and O–H groups in total. The quantitative estimate of drug-likeness (QED) is 0.931. The van der Waals surface area contributed by atoms with E-state index in [9.17, 15) is 4.79 Å². The topological polar surface area (TPSA) is 46.3 Å². The number of carbonyl (C=O) groups is 1. The molecule has 0 aliphatic rings. The van der Waals surface area contributed by atoms with Crippen LogP contribution in [0, 0.1) is 0 Å². The molecule has 1 atom stereocenters. The molecule has 19 heavy (non-hydrogen) atoms. The van der Waals surface area contributed by atoms with Crippen LogP contribution in [0.25, 0.3) is 11.1 Å². The summed E-state index contributed by atoms with van der Waals surface area (Å²) in [7, 11) is 4.13. The van der Waals surface area contributed by atoms with E-state index in [0.717, 1.165) is 11.1 Å². The SMILES string of the molecule is C[C@H](c1cccc(-c2csc(C(N)=O)c2)c1)N(C)C. The monoisotopic (exact) mass is 274 g/mol. The summed E-state index contributed by atoms with van der Waals surface area (Å²) in [5.74, 6) is -0.367. The average molecular weight is 274 g/mol. The number of amides is 1. The average Bonchev–Trinajstić information content (AvgIpc) is 2.87. The van der Waals surface area contributed by atoms with Crippen LogP contribution in [0.2, 0.25) is 0 Å². The van der Waals surface area contributed by atoms with Gasteiger partial charge >= 0.3 is 0 Å². The minimum atomic E-state index is -0.367. The molecule has 100 valence electrons. The highest BCUT2D eigenvalue weighted by Crippen LogP contribution is 2.28. The lowest BCUT2D eigenvalue weighted by atomic mass is 10.0. The van der Waals surface area contributed by atoms with Gasteiger partial charge in [0.05, 0.1) is 4.88 Å². The summed E-state index contributed by atoms with van der Waals surface area (Å²) in [4.78, 5) is 13.9. The molecule has 1 aromatic heterocycles. The molecule has 1 amide bonds. The molecule has 0 spiro atoms. The standard InChI is InChI=1S/C15H18N2OS/c1-10(17(2)3)11-5-4-6-12(7-11)13-8-14(15(16)18)19-9-13/h4-10H,1-3H3,(H2,16,18)/t10-/m1/s1. The summed E-state index contributed by atoms with van der Waals surface area (Å²) < 4.78 is 0. The van der Waals surface area contributed by atoms with Crippen LogP contribution in [0.3, 0.4) is 0 Å². The maximum atomic E-state index is 11.1. The second-order valence-electron chi connectivity index (χ2n) is 4.83. The van der Waals surface area contributed by atoms with Crippen molar-refractivity contribution in [1.29, 1.82) is 0 Å². The number of hydrogen-bond acceptors (Lipinski definition) is 3. The Balaban J connectivity index is 2.34. The van der Waals surface area contributed by atoms with Gasteiger partial charge in [-0.2, -0.15) is 0 Å². The third kappa shape index (κ3) is 3.03. The number of nitrogens with zero attached hydrogens (tertiary/aromatic N) is 1. The van der Waals surface area contributed by atoms with Gasteiger partial charge in [0.15, 0.2) is 0 Å². The predicted octanol–water partition coefficient (Wildman–Crippen LogP) is 3.14. The fourth-order valence-electron chi connectivity index (χ4n) is 1.89. The third-order valence-electron chi connectivity index (χ3n) is 3.32. The van der Waals surface area contributed by atoms with Gasteiger partial charge in [0.25, 0.3) is 5.91 Å². The normalized spacial score (nSPS) is 12.6. The number of thiophene rings is 1. The zero-order chi connectivity index (χ0) is 14.0. The molecule has 0 fully saturated rings. The Labute approximate surface area is 117 Å². The van der Waals surface area contributed by atoms with Gasteiger partial charge in [0, 0.05) is 6.04 Å². The number of carbonyl (C=O) groups excluding carboxylic acids is 1. The van der Waals surface area contributed by atoms with Crippen LogP contribution in [-0.2, 0) is 0 Å². The van der Waals surface area contributed by atoms with Gasteiger partial charge in [-0.15, -0.1) is 11.3 Å². The second kappa shape index (κ2) is 5.55. The van der Waals surface area contributed by atoms with Gasteiger partial charge in [-0.3, -0.25) is 4.79 Å². The molecule has 3 nitrogen and oxygen atoms in total. The molecule has 0 unspecified atom stereocenters. The summed E-state index contributed by atoms with van der Waals surface area (Å²) in [6.45, 7) is 2.17. The molecule has 0 aliphatic carbocycles. The molecule has 0 aliphatic heterocycles. The lowest BCUT2D eigenvalue weighted by Gasteiger charge is -2.20. The Kier molecular flexibility index (Phi) is 4.02. The summed E-state index contributed by atoms with van der Waals surface area (Å²) in [6.07, 6.45) is 0. The zero-order valence-electron chi connectivity index (χ0n) is 11.4. The number of primary amides is 1. The lowest BCUT2D eigenvalue weighted by molar-refractivity contribution is 0.100. The summed E-state index contributed by atoms with van der Waals surface area (Å²) in [5.41, 5.74) is 8.71. The Morgan fingerprint density at radius 2 is 2.00 bits per heavy atom. The Morgan fingerprint density at radius 1 is 1.26 bits per heavy atom. The van der Waals surface area contributed by atoms with E-state index in [1.165, 1.54) is 16.9 Å².